The molecule has 1 saturated heterocycles. The summed E-state index contributed by atoms with van der Waals surface area (Å²) in [6.45, 7) is 4.38. The maximum Gasteiger partial charge on any atom is 0.113 e. The Morgan fingerprint density at radius 3 is 2.31 bits per heavy atom. The zero-order chi connectivity index (χ0) is 19.6. The van der Waals surface area contributed by atoms with Gasteiger partial charge in [0.2, 0.25) is 0 Å². The lowest BCUT2D eigenvalue weighted by Crippen LogP contribution is -2.49. The van der Waals surface area contributed by atoms with Gasteiger partial charge in [0.1, 0.15) is 5.69 Å². The molecule has 2 heterocycles. The van der Waals surface area contributed by atoms with Crippen LogP contribution in [0.25, 0.3) is 11.3 Å². The number of hydrogen-bond acceptors (Lipinski definition) is 4. The zero-order valence-corrected chi connectivity index (χ0v) is 17.2. The smallest absolute Gasteiger partial charge is 0.113 e. The van der Waals surface area contributed by atoms with Crippen LogP contribution in [-0.4, -0.2) is 52.1 Å². The molecule has 0 bridgehead atoms. The summed E-state index contributed by atoms with van der Waals surface area (Å²) in [6.07, 6.45) is 5.70. The molecule has 0 N–H and O–H groups in total. The quantitative estimate of drug-likeness (QED) is 0.637. The second-order valence-electron chi connectivity index (χ2n) is 8.07. The van der Waals surface area contributed by atoms with Crippen LogP contribution in [0.2, 0.25) is 5.02 Å². The Labute approximate surface area is 176 Å². The van der Waals surface area contributed by atoms with E-state index in [0.29, 0.717) is 12.1 Å². The number of nitrogens with zero attached hydrogens (tertiary/aromatic N) is 5. The monoisotopic (exact) mass is 407 g/mol. The number of anilines is 1. The van der Waals surface area contributed by atoms with Crippen molar-refractivity contribution >= 4 is 17.3 Å². The average Bonchev–Trinajstić information content (AvgIpc) is 3.45. The highest BCUT2D eigenvalue weighted by atomic mass is 35.5. The van der Waals surface area contributed by atoms with E-state index in [-0.39, 0.29) is 0 Å². The predicted molar refractivity (Wildman–Crippen MR) is 117 cm³/mol. The SMILES string of the molecule is Clc1ccc(N2CCN(C3CCC(n4cc(-c5ccccc5)nn4)C3)CC2)cc1. The first-order valence-corrected chi connectivity index (χ1v) is 10.9. The standard InChI is InChI=1S/C23H26ClN5/c24-19-6-8-20(9-7-19)27-12-14-28(15-13-27)21-10-11-22(16-21)29-17-23(25-26-29)18-4-2-1-3-5-18/h1-9,17,21-22H,10-16H2. The Kier molecular flexibility index (Phi) is 5.25. The summed E-state index contributed by atoms with van der Waals surface area (Å²) in [6, 6.07) is 19.6. The van der Waals surface area contributed by atoms with Crippen molar-refractivity contribution in [1.82, 2.24) is 19.9 Å². The van der Waals surface area contributed by atoms with Crippen LogP contribution in [0.3, 0.4) is 0 Å². The summed E-state index contributed by atoms with van der Waals surface area (Å²) in [5, 5.41) is 9.64. The van der Waals surface area contributed by atoms with Crippen molar-refractivity contribution in [3.63, 3.8) is 0 Å². The lowest BCUT2D eigenvalue weighted by atomic mass is 10.1. The number of hydrogen-bond donors (Lipinski definition) is 0. The van der Waals surface area contributed by atoms with Crippen molar-refractivity contribution < 1.29 is 0 Å². The highest BCUT2D eigenvalue weighted by Gasteiger charge is 2.32. The van der Waals surface area contributed by atoms with Crippen LogP contribution in [0.1, 0.15) is 25.3 Å². The normalized spacial score (nSPS) is 22.9. The van der Waals surface area contributed by atoms with E-state index in [1.807, 2.05) is 30.3 Å². The largest absolute Gasteiger partial charge is 0.369 e. The van der Waals surface area contributed by atoms with E-state index < -0.39 is 0 Å². The van der Waals surface area contributed by atoms with Crippen LogP contribution in [0, 0.1) is 0 Å². The molecule has 1 aliphatic heterocycles. The van der Waals surface area contributed by atoms with Gasteiger partial charge in [0.15, 0.2) is 0 Å². The second-order valence-corrected chi connectivity index (χ2v) is 8.51. The van der Waals surface area contributed by atoms with Gasteiger partial charge in [0.25, 0.3) is 0 Å². The minimum atomic E-state index is 0.458. The molecule has 2 unspecified atom stereocenters. The molecule has 2 atom stereocenters. The first kappa shape index (κ1) is 18.6. The Balaban J connectivity index is 1.18. The molecule has 29 heavy (non-hydrogen) atoms. The maximum absolute atomic E-state index is 6.02. The number of aromatic nitrogens is 3. The molecule has 0 spiro atoms. The van der Waals surface area contributed by atoms with Crippen molar-refractivity contribution in [3.8, 4) is 11.3 Å². The van der Waals surface area contributed by atoms with Gasteiger partial charge >= 0.3 is 0 Å². The van der Waals surface area contributed by atoms with Crippen LogP contribution in [0.15, 0.2) is 60.8 Å². The van der Waals surface area contributed by atoms with E-state index in [1.54, 1.807) is 0 Å². The van der Waals surface area contributed by atoms with Gasteiger partial charge in [-0.2, -0.15) is 0 Å². The minimum Gasteiger partial charge on any atom is -0.369 e. The fraction of sp³-hybridized carbons (Fsp3) is 0.391. The molecule has 2 fully saturated rings. The molecule has 2 aromatic carbocycles. The van der Waals surface area contributed by atoms with E-state index in [2.05, 4.69) is 55.3 Å². The Bertz CT molecular complexity index is 931. The van der Waals surface area contributed by atoms with E-state index in [1.165, 1.54) is 24.9 Å². The summed E-state index contributed by atoms with van der Waals surface area (Å²) in [4.78, 5) is 5.13. The van der Waals surface area contributed by atoms with Crippen LogP contribution in [0.5, 0.6) is 0 Å². The molecule has 5 nitrogen and oxygen atoms in total. The Morgan fingerprint density at radius 2 is 1.55 bits per heavy atom. The van der Waals surface area contributed by atoms with Crippen LogP contribution < -0.4 is 4.90 Å². The van der Waals surface area contributed by atoms with Gasteiger partial charge in [-0.25, -0.2) is 4.68 Å². The van der Waals surface area contributed by atoms with Gasteiger partial charge in [-0.1, -0.05) is 47.1 Å². The fourth-order valence-electron chi connectivity index (χ4n) is 4.70. The summed E-state index contributed by atoms with van der Waals surface area (Å²) in [5.41, 5.74) is 3.37. The molecule has 1 saturated carbocycles. The lowest BCUT2D eigenvalue weighted by molar-refractivity contribution is 0.183. The molecule has 1 aromatic heterocycles. The second kappa shape index (κ2) is 8.17. The van der Waals surface area contributed by atoms with Crippen molar-refractivity contribution in [2.24, 2.45) is 0 Å². The molecular formula is C23H26ClN5. The first-order valence-electron chi connectivity index (χ1n) is 10.5. The average molecular weight is 408 g/mol. The molecule has 1 aliphatic carbocycles. The van der Waals surface area contributed by atoms with E-state index in [9.17, 15) is 0 Å². The third-order valence-electron chi connectivity index (χ3n) is 6.35. The van der Waals surface area contributed by atoms with E-state index in [4.69, 9.17) is 11.6 Å². The van der Waals surface area contributed by atoms with Gasteiger partial charge < -0.3 is 4.90 Å². The molecule has 3 aromatic rings. The van der Waals surface area contributed by atoms with Gasteiger partial charge in [-0.3, -0.25) is 4.90 Å². The number of benzene rings is 2. The van der Waals surface area contributed by atoms with E-state index >= 15 is 0 Å². The molecule has 0 amide bonds. The molecule has 6 heteroatoms. The molecular weight excluding hydrogens is 382 g/mol. The van der Waals surface area contributed by atoms with Gasteiger partial charge in [0.05, 0.1) is 12.2 Å². The maximum atomic E-state index is 6.02. The van der Waals surface area contributed by atoms with Crippen molar-refractivity contribution in [2.75, 3.05) is 31.1 Å². The summed E-state index contributed by atoms with van der Waals surface area (Å²) in [5.74, 6) is 0. The van der Waals surface area contributed by atoms with Gasteiger partial charge in [0, 0.05) is 48.5 Å². The van der Waals surface area contributed by atoms with Crippen molar-refractivity contribution in [3.05, 3.63) is 65.8 Å². The zero-order valence-electron chi connectivity index (χ0n) is 16.5. The van der Waals surface area contributed by atoms with Crippen LogP contribution in [0.4, 0.5) is 5.69 Å². The highest BCUT2D eigenvalue weighted by Crippen LogP contribution is 2.34. The molecule has 5 rings (SSSR count). The Morgan fingerprint density at radius 1 is 0.828 bits per heavy atom. The fourth-order valence-corrected chi connectivity index (χ4v) is 4.83. The number of halogens is 1. The number of rotatable bonds is 4. The topological polar surface area (TPSA) is 37.2 Å². The molecule has 2 aliphatic rings. The van der Waals surface area contributed by atoms with Crippen LogP contribution in [-0.2, 0) is 0 Å². The first-order chi connectivity index (χ1) is 14.3. The highest BCUT2D eigenvalue weighted by molar-refractivity contribution is 6.30. The van der Waals surface area contributed by atoms with E-state index in [0.717, 1.165) is 42.5 Å². The lowest BCUT2D eigenvalue weighted by Gasteiger charge is -2.39. The predicted octanol–water partition coefficient (Wildman–Crippen LogP) is 4.51. The summed E-state index contributed by atoms with van der Waals surface area (Å²) in [7, 11) is 0. The third kappa shape index (κ3) is 4.02. The van der Waals surface area contributed by atoms with Gasteiger partial charge in [-0.05, 0) is 43.5 Å². The Hall–Kier alpha value is -2.37. The minimum absolute atomic E-state index is 0.458. The van der Waals surface area contributed by atoms with Crippen molar-refractivity contribution in [1.29, 1.82) is 0 Å². The number of piperazine rings is 1. The summed E-state index contributed by atoms with van der Waals surface area (Å²) < 4.78 is 2.09. The molecule has 150 valence electrons. The molecule has 0 radical (unpaired) electrons. The van der Waals surface area contributed by atoms with Crippen molar-refractivity contribution in [2.45, 2.75) is 31.3 Å². The summed E-state index contributed by atoms with van der Waals surface area (Å²) >= 11 is 6.02. The third-order valence-corrected chi connectivity index (χ3v) is 6.61. The van der Waals surface area contributed by atoms with Crippen LogP contribution >= 0.6 is 11.6 Å². The van der Waals surface area contributed by atoms with Gasteiger partial charge in [-0.15, -0.1) is 5.10 Å².